The second kappa shape index (κ2) is 3.93. The van der Waals surface area contributed by atoms with E-state index in [0.717, 1.165) is 0 Å². The van der Waals surface area contributed by atoms with Crippen LogP contribution in [0.4, 0.5) is 0 Å². The summed E-state index contributed by atoms with van der Waals surface area (Å²) < 4.78 is 2.85. The Morgan fingerprint density at radius 1 is 1.08 bits per heavy atom. The Balaban J connectivity index is 2.29. The van der Waals surface area contributed by atoms with E-state index in [1.807, 2.05) is 12.4 Å². The average Bonchev–Trinajstić information content (AvgIpc) is 2.76. The Morgan fingerprint density at radius 2 is 1.62 bits per heavy atom. The number of aromatic nitrogens is 2. The van der Waals surface area contributed by atoms with Crippen molar-refractivity contribution in [2.24, 2.45) is 0 Å². The van der Waals surface area contributed by atoms with Crippen LogP contribution >= 0.6 is 0 Å². The van der Waals surface area contributed by atoms with Gasteiger partial charge in [0.1, 0.15) is 0 Å². The molecule has 0 radical (unpaired) electrons. The molecular weight excluding hydrogens is 249 g/mol. The number of hydrogen-bond acceptors (Lipinski definition) is 0. The molecular formula is C10H13N2Ru. The van der Waals surface area contributed by atoms with Gasteiger partial charge in [-0.25, -0.2) is 0 Å². The van der Waals surface area contributed by atoms with Crippen LogP contribution in [0.3, 0.4) is 0 Å². The van der Waals surface area contributed by atoms with Gasteiger partial charge < -0.3 is 0 Å². The summed E-state index contributed by atoms with van der Waals surface area (Å²) in [6.07, 6.45) is 4.02. The number of aromatic amines is 2. The van der Waals surface area contributed by atoms with Gasteiger partial charge in [-0.3, -0.25) is 0 Å². The van der Waals surface area contributed by atoms with Crippen molar-refractivity contribution in [2.45, 2.75) is 11.9 Å². The molecule has 3 heteroatoms. The van der Waals surface area contributed by atoms with Gasteiger partial charge in [-0.2, -0.15) is 0 Å². The van der Waals surface area contributed by atoms with Gasteiger partial charge in [-0.1, -0.05) is 0 Å². The van der Waals surface area contributed by atoms with Crippen LogP contribution in [0.1, 0.15) is 6.92 Å². The number of nitrogens with one attached hydrogen (secondary N) is 2. The summed E-state index contributed by atoms with van der Waals surface area (Å²) in [5.74, 6) is 0. The monoisotopic (exact) mass is 263 g/mol. The molecule has 0 amide bonds. The average molecular weight is 262 g/mol. The molecule has 2 N–H and O–H groups in total. The van der Waals surface area contributed by atoms with Crippen molar-refractivity contribution in [3.8, 4) is 0 Å². The minimum absolute atomic E-state index is 0.988. The number of H-pyrrole nitrogens is 2. The van der Waals surface area contributed by atoms with Crippen LogP contribution in [-0.2, 0) is 16.0 Å². The van der Waals surface area contributed by atoms with E-state index in [2.05, 4.69) is 41.2 Å². The predicted molar refractivity (Wildman–Crippen MR) is 51.3 cm³/mol. The van der Waals surface area contributed by atoms with E-state index in [0.29, 0.717) is 0 Å². The van der Waals surface area contributed by atoms with Crippen molar-refractivity contribution in [1.82, 2.24) is 9.97 Å². The Labute approximate surface area is 83.3 Å². The quantitative estimate of drug-likeness (QED) is 0.783. The van der Waals surface area contributed by atoms with Crippen LogP contribution < -0.4 is 8.58 Å². The first-order valence-electron chi connectivity index (χ1n) is 4.30. The second-order valence-corrected chi connectivity index (χ2v) is 7.36. The van der Waals surface area contributed by atoms with Crippen molar-refractivity contribution in [2.75, 3.05) is 0 Å². The van der Waals surface area contributed by atoms with Crippen molar-refractivity contribution in [3.05, 3.63) is 36.7 Å². The molecule has 2 nitrogen and oxygen atoms in total. The van der Waals surface area contributed by atoms with Crippen LogP contribution in [-0.4, -0.2) is 9.97 Å². The van der Waals surface area contributed by atoms with Crippen molar-refractivity contribution < 1.29 is 16.0 Å². The molecule has 0 fully saturated rings. The normalized spacial score (nSPS) is 11.6. The van der Waals surface area contributed by atoms with Gasteiger partial charge >= 0.3 is 83.1 Å². The van der Waals surface area contributed by atoms with E-state index < -0.39 is 16.0 Å². The van der Waals surface area contributed by atoms with Crippen molar-refractivity contribution in [1.29, 1.82) is 0 Å². The zero-order chi connectivity index (χ0) is 9.10. The van der Waals surface area contributed by atoms with Gasteiger partial charge in [-0.15, -0.1) is 0 Å². The molecule has 2 aromatic heterocycles. The summed E-state index contributed by atoms with van der Waals surface area (Å²) in [6.45, 7) is 2.26. The molecule has 2 rings (SSSR count). The first-order chi connectivity index (χ1) is 6.42. The van der Waals surface area contributed by atoms with Gasteiger partial charge in [0.25, 0.3) is 0 Å². The summed E-state index contributed by atoms with van der Waals surface area (Å²) in [7, 11) is 0. The van der Waals surface area contributed by atoms with Crippen molar-refractivity contribution in [3.63, 3.8) is 0 Å². The topological polar surface area (TPSA) is 31.6 Å². The molecule has 0 atom stereocenters. The third-order valence-electron chi connectivity index (χ3n) is 1.81. The summed E-state index contributed by atoms with van der Waals surface area (Å²) in [5.41, 5.74) is 0. The molecule has 0 saturated heterocycles. The Hall–Kier alpha value is -0.817. The fourth-order valence-electron chi connectivity index (χ4n) is 1.25. The molecule has 2 aromatic rings. The van der Waals surface area contributed by atoms with Gasteiger partial charge in [0.05, 0.1) is 0 Å². The van der Waals surface area contributed by atoms with E-state index >= 15 is 0 Å². The number of hydrogen-bond donors (Lipinski definition) is 2. The third-order valence-corrected chi connectivity index (χ3v) is 6.39. The molecule has 0 saturated carbocycles. The van der Waals surface area contributed by atoms with E-state index in [4.69, 9.17) is 0 Å². The van der Waals surface area contributed by atoms with Gasteiger partial charge in [0, 0.05) is 0 Å². The van der Waals surface area contributed by atoms with E-state index in [1.165, 1.54) is 13.6 Å². The van der Waals surface area contributed by atoms with Gasteiger partial charge in [-0.05, 0) is 0 Å². The molecule has 0 aliphatic carbocycles. The van der Waals surface area contributed by atoms with Gasteiger partial charge in [0.2, 0.25) is 0 Å². The molecule has 0 bridgehead atoms. The molecule has 0 aliphatic heterocycles. The molecule has 0 unspecified atom stereocenters. The van der Waals surface area contributed by atoms with E-state index in [9.17, 15) is 0 Å². The molecule has 0 aromatic carbocycles. The summed E-state index contributed by atoms with van der Waals surface area (Å²) in [4.78, 5) is 6.64. The molecule has 0 spiro atoms. The Morgan fingerprint density at radius 3 is 1.92 bits per heavy atom. The number of rotatable bonds is 3. The van der Waals surface area contributed by atoms with E-state index in [-0.39, 0.29) is 0 Å². The van der Waals surface area contributed by atoms with E-state index in [1.54, 1.807) is 0 Å². The SMILES string of the molecule is C[CH2][Ru]([c]1ccc[nH]1)[c]1ccc[nH]1. The fraction of sp³-hybridized carbons (Fsp3) is 0.200. The van der Waals surface area contributed by atoms with Crippen LogP contribution in [0.2, 0.25) is 5.02 Å². The van der Waals surface area contributed by atoms with Gasteiger partial charge in [0.15, 0.2) is 0 Å². The fourth-order valence-corrected chi connectivity index (χ4v) is 5.00. The summed E-state index contributed by atoms with van der Waals surface area (Å²) in [6, 6.07) is 8.55. The predicted octanol–water partition coefficient (Wildman–Crippen LogP) is 1.35. The first kappa shape index (κ1) is 8.77. The Bertz CT molecular complexity index is 303. The summed E-state index contributed by atoms with van der Waals surface area (Å²) in [5, 5.41) is 1.26. The van der Waals surface area contributed by atoms with Crippen LogP contribution in [0, 0.1) is 0 Å². The van der Waals surface area contributed by atoms with Crippen LogP contribution in [0.25, 0.3) is 0 Å². The Kier molecular flexibility index (Phi) is 2.65. The van der Waals surface area contributed by atoms with Crippen molar-refractivity contribution >= 4 is 8.58 Å². The van der Waals surface area contributed by atoms with Crippen LogP contribution in [0.15, 0.2) is 36.7 Å². The maximum absolute atomic E-state index is 3.32. The maximum atomic E-state index is 3.32. The third kappa shape index (κ3) is 1.75. The molecule has 71 valence electrons. The molecule has 0 aliphatic rings. The van der Waals surface area contributed by atoms with Crippen LogP contribution in [0.5, 0.6) is 0 Å². The molecule has 2 heterocycles. The zero-order valence-corrected chi connectivity index (χ0v) is 9.26. The zero-order valence-electron chi connectivity index (χ0n) is 7.52. The first-order valence-corrected chi connectivity index (χ1v) is 7.27. The summed E-state index contributed by atoms with van der Waals surface area (Å²) >= 11 is -0.988. The minimum atomic E-state index is -0.988. The standard InChI is InChI=1S/2C4H4N.C2H5.Ru/c2*1-2-4-5-3-1;1-2;/h2*1-3,5H;1H2,2H3;. The second-order valence-electron chi connectivity index (χ2n) is 2.60. The molecule has 13 heavy (non-hydrogen) atoms.